The van der Waals surface area contributed by atoms with Gasteiger partial charge in [-0.15, -0.1) is 0 Å². The lowest BCUT2D eigenvalue weighted by Crippen LogP contribution is -2.49. The highest BCUT2D eigenvalue weighted by molar-refractivity contribution is 9.08. The van der Waals surface area contributed by atoms with E-state index in [0.29, 0.717) is 11.0 Å². The van der Waals surface area contributed by atoms with Crippen molar-refractivity contribution in [2.24, 2.45) is 11.7 Å². The fourth-order valence-electron chi connectivity index (χ4n) is 1.61. The van der Waals surface area contributed by atoms with Crippen LogP contribution in [0.5, 0.6) is 0 Å². The van der Waals surface area contributed by atoms with Gasteiger partial charge in [-0.25, -0.2) is 21.5 Å². The lowest BCUT2D eigenvalue weighted by molar-refractivity contribution is 0.216. The summed E-state index contributed by atoms with van der Waals surface area (Å²) in [7, 11) is 1.46. The number of nitrogens with two attached hydrogens (primary N) is 2. The standard InChI is InChI=1S/C11H17BrN4O/c1-3-8-5-4-6-10(9(8)7-12)16(14)11(17)15(2)13/h4-6H,3,7,13-14H2,1-2H3. The SMILES string of the molecule is CCc1cccc(N(N)C(=O)N(C)N)c1CBr. The summed E-state index contributed by atoms with van der Waals surface area (Å²) in [5.41, 5.74) is 2.83. The van der Waals surface area contributed by atoms with Crippen LogP contribution in [0.1, 0.15) is 18.1 Å². The Labute approximate surface area is 109 Å². The second kappa shape index (κ2) is 6.00. The highest BCUT2D eigenvalue weighted by Crippen LogP contribution is 2.25. The van der Waals surface area contributed by atoms with Crippen LogP contribution in [0.3, 0.4) is 0 Å². The van der Waals surface area contributed by atoms with Gasteiger partial charge in [0.1, 0.15) is 0 Å². The van der Waals surface area contributed by atoms with Crippen molar-refractivity contribution in [3.63, 3.8) is 0 Å². The quantitative estimate of drug-likeness (QED) is 0.386. The molecule has 17 heavy (non-hydrogen) atoms. The molecule has 0 saturated carbocycles. The molecule has 4 N–H and O–H groups in total. The topological polar surface area (TPSA) is 75.6 Å². The maximum Gasteiger partial charge on any atom is 0.352 e. The number of carbonyl (C=O) groups excluding carboxylic acids is 1. The first kappa shape index (κ1) is 14.0. The number of halogens is 1. The molecule has 0 fully saturated rings. The van der Waals surface area contributed by atoms with Crippen molar-refractivity contribution in [1.29, 1.82) is 0 Å². The number of hydrazine groups is 2. The normalized spacial score (nSPS) is 10.2. The van der Waals surface area contributed by atoms with E-state index in [1.165, 1.54) is 7.05 Å². The van der Waals surface area contributed by atoms with Gasteiger partial charge in [0.2, 0.25) is 0 Å². The van der Waals surface area contributed by atoms with Crippen LogP contribution in [0.4, 0.5) is 10.5 Å². The van der Waals surface area contributed by atoms with Crippen molar-refractivity contribution in [3.8, 4) is 0 Å². The minimum Gasteiger partial charge on any atom is -0.264 e. The van der Waals surface area contributed by atoms with Crippen LogP contribution in [0.2, 0.25) is 0 Å². The molecule has 1 aromatic rings. The van der Waals surface area contributed by atoms with E-state index >= 15 is 0 Å². The summed E-state index contributed by atoms with van der Waals surface area (Å²) in [4.78, 5) is 11.7. The van der Waals surface area contributed by atoms with Gasteiger partial charge >= 0.3 is 6.03 Å². The third-order valence-electron chi connectivity index (χ3n) is 2.53. The molecule has 6 heteroatoms. The maximum absolute atomic E-state index is 11.7. The molecule has 2 amide bonds. The summed E-state index contributed by atoms with van der Waals surface area (Å²) in [6, 6.07) is 5.24. The molecule has 0 atom stereocenters. The van der Waals surface area contributed by atoms with Crippen LogP contribution in [-0.4, -0.2) is 18.1 Å². The minimum atomic E-state index is -0.458. The zero-order chi connectivity index (χ0) is 13.0. The van der Waals surface area contributed by atoms with Crippen LogP contribution in [0, 0.1) is 0 Å². The summed E-state index contributed by atoms with van der Waals surface area (Å²) in [5, 5.41) is 2.66. The number of aryl methyl sites for hydroxylation is 1. The highest BCUT2D eigenvalue weighted by Gasteiger charge is 2.18. The maximum atomic E-state index is 11.7. The predicted molar refractivity (Wildman–Crippen MR) is 72.5 cm³/mol. The van der Waals surface area contributed by atoms with Crippen molar-refractivity contribution >= 4 is 27.6 Å². The lowest BCUT2D eigenvalue weighted by atomic mass is 10.0. The Balaban J connectivity index is 3.17. The van der Waals surface area contributed by atoms with Gasteiger partial charge in [-0.3, -0.25) is 5.01 Å². The number of amides is 2. The largest absolute Gasteiger partial charge is 0.352 e. The Morgan fingerprint density at radius 2 is 2.06 bits per heavy atom. The van der Waals surface area contributed by atoms with Crippen molar-refractivity contribution in [2.45, 2.75) is 18.7 Å². The number of rotatable bonds is 3. The Kier molecular flexibility index (Phi) is 4.92. The Bertz CT molecular complexity index is 408. The molecule has 1 aromatic carbocycles. The first-order chi connectivity index (χ1) is 8.02. The summed E-state index contributed by atoms with van der Waals surface area (Å²) in [6.07, 6.45) is 0.884. The van der Waals surface area contributed by atoms with Crippen LogP contribution in [0.25, 0.3) is 0 Å². The molecule has 0 spiro atoms. The fraction of sp³-hybridized carbons (Fsp3) is 0.364. The number of anilines is 1. The second-order valence-corrected chi connectivity index (χ2v) is 4.23. The van der Waals surface area contributed by atoms with Crippen molar-refractivity contribution < 1.29 is 4.79 Å². The zero-order valence-corrected chi connectivity index (χ0v) is 11.6. The van der Waals surface area contributed by atoms with E-state index in [-0.39, 0.29) is 0 Å². The first-order valence-corrected chi connectivity index (χ1v) is 6.39. The molecule has 94 valence electrons. The molecule has 0 radical (unpaired) electrons. The van der Waals surface area contributed by atoms with Crippen molar-refractivity contribution in [3.05, 3.63) is 29.3 Å². The number of nitrogens with zero attached hydrogens (tertiary/aromatic N) is 2. The number of carbonyl (C=O) groups is 1. The molecular formula is C11H17BrN4O. The van der Waals surface area contributed by atoms with Crippen LogP contribution >= 0.6 is 15.9 Å². The molecule has 0 aliphatic rings. The molecule has 0 saturated heterocycles. The third-order valence-corrected chi connectivity index (χ3v) is 3.09. The molecule has 0 unspecified atom stereocenters. The number of benzene rings is 1. The van der Waals surface area contributed by atoms with Crippen LogP contribution in [-0.2, 0) is 11.8 Å². The lowest BCUT2D eigenvalue weighted by Gasteiger charge is -2.23. The first-order valence-electron chi connectivity index (χ1n) is 5.26. The average Bonchev–Trinajstić information content (AvgIpc) is 2.35. The summed E-state index contributed by atoms with van der Waals surface area (Å²) < 4.78 is 0. The fourth-order valence-corrected chi connectivity index (χ4v) is 2.25. The Morgan fingerprint density at radius 1 is 1.41 bits per heavy atom. The predicted octanol–water partition coefficient (Wildman–Crippen LogP) is 1.75. The monoisotopic (exact) mass is 300 g/mol. The number of hydrogen-bond donors (Lipinski definition) is 2. The van der Waals surface area contributed by atoms with E-state index < -0.39 is 6.03 Å². The molecule has 0 aromatic heterocycles. The van der Waals surface area contributed by atoms with E-state index in [4.69, 9.17) is 11.7 Å². The van der Waals surface area contributed by atoms with E-state index in [0.717, 1.165) is 27.6 Å². The zero-order valence-electron chi connectivity index (χ0n) is 9.98. The van der Waals surface area contributed by atoms with Crippen LogP contribution < -0.4 is 16.7 Å². The van der Waals surface area contributed by atoms with Gasteiger partial charge in [-0.2, -0.15) is 0 Å². The molecule has 1 rings (SSSR count). The number of hydrogen-bond acceptors (Lipinski definition) is 3. The van der Waals surface area contributed by atoms with Crippen molar-refractivity contribution in [1.82, 2.24) is 5.01 Å². The smallest absolute Gasteiger partial charge is 0.264 e. The molecule has 0 aliphatic heterocycles. The minimum absolute atomic E-state index is 0.458. The van der Waals surface area contributed by atoms with E-state index in [1.807, 2.05) is 12.1 Å². The molecule has 0 bridgehead atoms. The molecule has 0 aliphatic carbocycles. The highest BCUT2D eigenvalue weighted by atomic mass is 79.9. The average molecular weight is 301 g/mol. The Hall–Kier alpha value is -1.11. The van der Waals surface area contributed by atoms with E-state index in [1.54, 1.807) is 6.07 Å². The van der Waals surface area contributed by atoms with Gasteiger partial charge < -0.3 is 0 Å². The summed E-state index contributed by atoms with van der Waals surface area (Å²) in [5.74, 6) is 11.2. The third kappa shape index (κ3) is 2.96. The summed E-state index contributed by atoms with van der Waals surface area (Å²) >= 11 is 3.42. The van der Waals surface area contributed by atoms with Crippen LogP contribution in [0.15, 0.2) is 18.2 Å². The van der Waals surface area contributed by atoms with Gasteiger partial charge in [-0.1, -0.05) is 35.0 Å². The molecular weight excluding hydrogens is 284 g/mol. The molecule has 0 heterocycles. The molecule has 5 nitrogen and oxygen atoms in total. The Morgan fingerprint density at radius 3 is 2.53 bits per heavy atom. The second-order valence-electron chi connectivity index (χ2n) is 3.67. The summed E-state index contributed by atoms with van der Waals surface area (Å²) in [6.45, 7) is 2.06. The number of urea groups is 1. The number of alkyl halides is 1. The van der Waals surface area contributed by atoms with Gasteiger partial charge in [0.05, 0.1) is 5.69 Å². The van der Waals surface area contributed by atoms with Gasteiger partial charge in [0.15, 0.2) is 0 Å². The van der Waals surface area contributed by atoms with Crippen molar-refractivity contribution in [2.75, 3.05) is 12.1 Å². The van der Waals surface area contributed by atoms with Gasteiger partial charge in [0.25, 0.3) is 0 Å². The van der Waals surface area contributed by atoms with E-state index in [2.05, 4.69) is 22.9 Å². The van der Waals surface area contributed by atoms with Gasteiger partial charge in [0, 0.05) is 12.4 Å². The van der Waals surface area contributed by atoms with E-state index in [9.17, 15) is 4.79 Å². The van der Waals surface area contributed by atoms with Gasteiger partial charge in [-0.05, 0) is 23.6 Å².